The Morgan fingerprint density at radius 1 is 1.04 bits per heavy atom. The van der Waals surface area contributed by atoms with Crippen molar-refractivity contribution in [2.75, 3.05) is 23.8 Å². The number of nitrogens with one attached hydrogen (secondary N) is 1. The molecule has 0 saturated carbocycles. The fraction of sp³-hybridized carbons (Fsp3) is 0.176. The van der Waals surface area contributed by atoms with Gasteiger partial charge in [0.1, 0.15) is 6.42 Å². The lowest BCUT2D eigenvalue weighted by molar-refractivity contribution is -0.142. The zero-order chi connectivity index (χ0) is 18.4. The van der Waals surface area contributed by atoms with Gasteiger partial charge in [-0.25, -0.2) is 8.42 Å². The van der Waals surface area contributed by atoms with Crippen LogP contribution in [0.15, 0.2) is 59.5 Å². The van der Waals surface area contributed by atoms with Crippen molar-refractivity contribution in [2.24, 2.45) is 0 Å². The Kier molecular flexibility index (Phi) is 5.76. The number of hydrogen-bond acceptors (Lipinski definition) is 5. The largest absolute Gasteiger partial charge is 0.469 e. The topological polar surface area (TPSA) is 92.8 Å². The van der Waals surface area contributed by atoms with E-state index in [-0.39, 0.29) is 4.90 Å². The maximum absolute atomic E-state index is 12.6. The van der Waals surface area contributed by atoms with Crippen molar-refractivity contribution in [3.8, 4) is 0 Å². The van der Waals surface area contributed by atoms with Crippen molar-refractivity contribution in [2.45, 2.75) is 11.3 Å². The van der Waals surface area contributed by atoms with Gasteiger partial charge in [-0.2, -0.15) is 0 Å². The summed E-state index contributed by atoms with van der Waals surface area (Å²) in [6, 6.07) is 14.4. The summed E-state index contributed by atoms with van der Waals surface area (Å²) in [5.41, 5.74) is 0.924. The van der Waals surface area contributed by atoms with E-state index in [2.05, 4.69) is 10.1 Å². The molecular formula is C17H18N2O5S. The highest BCUT2D eigenvalue weighted by Crippen LogP contribution is 2.22. The summed E-state index contributed by atoms with van der Waals surface area (Å²) in [7, 11) is -1.05. The number of sulfonamides is 1. The summed E-state index contributed by atoms with van der Waals surface area (Å²) in [6.07, 6.45) is -0.409. The third kappa shape index (κ3) is 4.57. The molecule has 0 bridgehead atoms. The van der Waals surface area contributed by atoms with Crippen LogP contribution in [0.5, 0.6) is 0 Å². The summed E-state index contributed by atoms with van der Waals surface area (Å²) < 4.78 is 30.8. The molecule has 0 heterocycles. The number of hydrogen-bond donors (Lipinski definition) is 1. The van der Waals surface area contributed by atoms with E-state index in [9.17, 15) is 18.0 Å². The lowest BCUT2D eigenvalue weighted by atomic mass is 10.3. The predicted molar refractivity (Wildman–Crippen MR) is 93.7 cm³/mol. The molecule has 7 nitrogen and oxygen atoms in total. The number of benzene rings is 2. The Labute approximate surface area is 146 Å². The highest BCUT2D eigenvalue weighted by atomic mass is 32.2. The van der Waals surface area contributed by atoms with Gasteiger partial charge < -0.3 is 10.1 Å². The van der Waals surface area contributed by atoms with Crippen molar-refractivity contribution in [3.63, 3.8) is 0 Å². The molecular weight excluding hydrogens is 344 g/mol. The van der Waals surface area contributed by atoms with Crippen molar-refractivity contribution >= 4 is 33.3 Å². The number of rotatable bonds is 6. The first-order valence-electron chi connectivity index (χ1n) is 7.35. The smallest absolute Gasteiger partial charge is 0.315 e. The molecule has 1 amide bonds. The maximum atomic E-state index is 12.6. The minimum atomic E-state index is -3.71. The van der Waals surface area contributed by atoms with Crippen molar-refractivity contribution in [1.82, 2.24) is 0 Å². The van der Waals surface area contributed by atoms with Crippen LogP contribution in [0, 0.1) is 0 Å². The van der Waals surface area contributed by atoms with Gasteiger partial charge in [0, 0.05) is 12.7 Å². The fourth-order valence-electron chi connectivity index (χ4n) is 2.05. The zero-order valence-corrected chi connectivity index (χ0v) is 14.6. The molecule has 25 heavy (non-hydrogen) atoms. The molecule has 8 heteroatoms. The Balaban J connectivity index is 2.13. The number of para-hydroxylation sites is 1. The molecule has 0 radical (unpaired) electrons. The van der Waals surface area contributed by atoms with E-state index < -0.39 is 28.3 Å². The van der Waals surface area contributed by atoms with Gasteiger partial charge in [-0.15, -0.1) is 0 Å². The lowest BCUT2D eigenvalue weighted by Crippen LogP contribution is -2.26. The fourth-order valence-corrected chi connectivity index (χ4v) is 3.25. The average Bonchev–Trinajstić information content (AvgIpc) is 2.62. The third-order valence-corrected chi connectivity index (χ3v) is 5.25. The number of esters is 1. The minimum Gasteiger partial charge on any atom is -0.469 e. The van der Waals surface area contributed by atoms with Gasteiger partial charge in [-0.3, -0.25) is 13.9 Å². The molecule has 0 aliphatic rings. The number of carbonyl (C=O) groups is 2. The van der Waals surface area contributed by atoms with Gasteiger partial charge in [0.2, 0.25) is 5.91 Å². The van der Waals surface area contributed by atoms with E-state index in [0.717, 1.165) is 0 Å². The highest BCUT2D eigenvalue weighted by molar-refractivity contribution is 7.92. The molecule has 0 aromatic heterocycles. The lowest BCUT2D eigenvalue weighted by Gasteiger charge is -2.19. The van der Waals surface area contributed by atoms with Gasteiger partial charge >= 0.3 is 5.97 Å². The molecule has 0 aliphatic heterocycles. The van der Waals surface area contributed by atoms with E-state index in [0.29, 0.717) is 11.4 Å². The average molecular weight is 362 g/mol. The van der Waals surface area contributed by atoms with Gasteiger partial charge in [-0.1, -0.05) is 18.2 Å². The second kappa shape index (κ2) is 7.80. The van der Waals surface area contributed by atoms with E-state index in [1.165, 1.54) is 42.7 Å². The van der Waals surface area contributed by atoms with Crippen LogP contribution in [0.25, 0.3) is 0 Å². The molecule has 0 aliphatic carbocycles. The van der Waals surface area contributed by atoms with Crippen LogP contribution >= 0.6 is 0 Å². The first-order valence-corrected chi connectivity index (χ1v) is 8.79. The first-order chi connectivity index (χ1) is 11.8. The number of methoxy groups -OCH3 is 1. The highest BCUT2D eigenvalue weighted by Gasteiger charge is 2.21. The molecule has 0 spiro atoms. The van der Waals surface area contributed by atoms with Crippen LogP contribution in [0.2, 0.25) is 0 Å². The molecule has 132 valence electrons. The van der Waals surface area contributed by atoms with Gasteiger partial charge in [0.05, 0.1) is 17.7 Å². The van der Waals surface area contributed by atoms with Crippen LogP contribution in [0.4, 0.5) is 11.4 Å². The summed E-state index contributed by atoms with van der Waals surface area (Å²) >= 11 is 0. The standard InChI is InChI=1S/C17H18N2O5S/c1-19(14-6-4-3-5-7-14)25(22,23)15-10-8-13(9-11-15)18-16(20)12-17(21)24-2/h3-11H,12H2,1-2H3,(H,18,20). The van der Waals surface area contributed by atoms with Crippen LogP contribution in [0.3, 0.4) is 0 Å². The summed E-state index contributed by atoms with van der Waals surface area (Å²) in [4.78, 5) is 22.7. The van der Waals surface area contributed by atoms with Gasteiger partial charge in [-0.05, 0) is 36.4 Å². The van der Waals surface area contributed by atoms with Crippen LogP contribution < -0.4 is 9.62 Å². The van der Waals surface area contributed by atoms with Crippen molar-refractivity contribution < 1.29 is 22.7 Å². The molecule has 2 aromatic rings. The van der Waals surface area contributed by atoms with Gasteiger partial charge in [0.15, 0.2) is 0 Å². The van der Waals surface area contributed by atoms with Crippen LogP contribution in [-0.2, 0) is 24.3 Å². The number of ether oxygens (including phenoxy) is 1. The molecule has 0 saturated heterocycles. The molecule has 0 fully saturated rings. The number of nitrogens with zero attached hydrogens (tertiary/aromatic N) is 1. The Hall–Kier alpha value is -2.87. The third-order valence-electron chi connectivity index (χ3n) is 3.45. The van der Waals surface area contributed by atoms with Crippen LogP contribution in [0.1, 0.15) is 6.42 Å². The second-order valence-corrected chi connectivity index (χ2v) is 7.10. The van der Waals surface area contributed by atoms with Crippen molar-refractivity contribution in [3.05, 3.63) is 54.6 Å². The normalized spacial score (nSPS) is 10.8. The van der Waals surface area contributed by atoms with E-state index in [1.54, 1.807) is 30.3 Å². The Bertz CT molecular complexity index is 848. The predicted octanol–water partition coefficient (Wildman–Crippen LogP) is 2.01. The quantitative estimate of drug-likeness (QED) is 0.627. The zero-order valence-electron chi connectivity index (χ0n) is 13.8. The molecule has 1 N–H and O–H groups in total. The molecule has 0 atom stereocenters. The van der Waals surface area contributed by atoms with Crippen LogP contribution in [-0.4, -0.2) is 34.5 Å². The molecule has 2 aromatic carbocycles. The monoisotopic (exact) mass is 362 g/mol. The molecule has 2 rings (SSSR count). The molecule has 0 unspecified atom stereocenters. The summed E-state index contributed by atoms with van der Waals surface area (Å²) in [6.45, 7) is 0. The van der Waals surface area contributed by atoms with Gasteiger partial charge in [0.25, 0.3) is 10.0 Å². The maximum Gasteiger partial charge on any atom is 0.315 e. The SMILES string of the molecule is COC(=O)CC(=O)Nc1ccc(S(=O)(=O)N(C)c2ccccc2)cc1. The number of amides is 1. The number of anilines is 2. The Morgan fingerprint density at radius 2 is 1.64 bits per heavy atom. The number of carbonyl (C=O) groups excluding carboxylic acids is 2. The first kappa shape index (κ1) is 18.5. The second-order valence-electron chi connectivity index (χ2n) is 5.13. The minimum absolute atomic E-state index is 0.0878. The van der Waals surface area contributed by atoms with Crippen molar-refractivity contribution in [1.29, 1.82) is 0 Å². The summed E-state index contributed by atoms with van der Waals surface area (Å²) in [5.74, 6) is -1.19. The van der Waals surface area contributed by atoms with E-state index in [1.807, 2.05) is 0 Å². The Morgan fingerprint density at radius 3 is 2.20 bits per heavy atom. The van der Waals surface area contributed by atoms with E-state index >= 15 is 0 Å². The van der Waals surface area contributed by atoms with E-state index in [4.69, 9.17) is 0 Å². The summed E-state index contributed by atoms with van der Waals surface area (Å²) in [5, 5.41) is 2.50.